The number of carbonyl (C=O) groups excluding carboxylic acids is 1. The van der Waals surface area contributed by atoms with E-state index in [2.05, 4.69) is 10.1 Å². The van der Waals surface area contributed by atoms with Crippen molar-refractivity contribution in [1.82, 2.24) is 24.8 Å². The van der Waals surface area contributed by atoms with Crippen LogP contribution in [0.4, 0.5) is 26.7 Å². The highest BCUT2D eigenvalue weighted by molar-refractivity contribution is 6.48. The number of hydrogen-bond acceptors (Lipinski definition) is 6. The number of methoxy groups -OCH3 is 1. The molecular formula is C19H21B4F5N6O3. The van der Waals surface area contributed by atoms with E-state index < -0.39 is 53.1 Å². The quantitative estimate of drug-likeness (QED) is 0.387. The number of ether oxygens (including phenoxy) is 2. The molecule has 0 aliphatic carbocycles. The highest BCUT2D eigenvalue weighted by atomic mass is 19.4. The van der Waals surface area contributed by atoms with Gasteiger partial charge in [0.2, 0.25) is 0 Å². The molecule has 8 radical (unpaired) electrons. The van der Waals surface area contributed by atoms with E-state index in [4.69, 9.17) is 46.6 Å². The summed E-state index contributed by atoms with van der Waals surface area (Å²) in [4.78, 5) is 17.4. The molecule has 0 saturated carbocycles. The van der Waals surface area contributed by atoms with E-state index in [1.54, 1.807) is 5.32 Å². The highest BCUT2D eigenvalue weighted by Crippen LogP contribution is 2.43. The van der Waals surface area contributed by atoms with Crippen LogP contribution in [0.3, 0.4) is 0 Å². The van der Waals surface area contributed by atoms with E-state index in [9.17, 15) is 26.7 Å². The molecule has 9 nitrogen and oxygen atoms in total. The maximum atomic E-state index is 14.9. The van der Waals surface area contributed by atoms with Gasteiger partial charge in [-0.2, -0.15) is 18.3 Å². The number of urea groups is 1. The third-order valence-electron chi connectivity index (χ3n) is 6.02. The van der Waals surface area contributed by atoms with Crippen LogP contribution in [0.15, 0.2) is 18.5 Å². The summed E-state index contributed by atoms with van der Waals surface area (Å²) in [5.74, 6) is -4.21. The number of aromatic nitrogens is 3. The van der Waals surface area contributed by atoms with Crippen LogP contribution in [0, 0.1) is 0 Å². The van der Waals surface area contributed by atoms with Gasteiger partial charge in [0.15, 0.2) is 11.2 Å². The van der Waals surface area contributed by atoms with E-state index in [0.29, 0.717) is 4.90 Å². The second-order valence-electron chi connectivity index (χ2n) is 9.22. The smallest absolute Gasteiger partial charge is 0.382 e. The number of nitrogens with one attached hydrogen (secondary N) is 1. The fraction of sp³-hybridized carbons (Fsp3) is 0.632. The Morgan fingerprint density at radius 1 is 1.19 bits per heavy atom. The van der Waals surface area contributed by atoms with E-state index in [1.165, 1.54) is 30.1 Å². The van der Waals surface area contributed by atoms with Crippen LogP contribution in [0.1, 0.15) is 37.2 Å². The molecule has 1 aliphatic heterocycles. The predicted molar refractivity (Wildman–Crippen MR) is 124 cm³/mol. The van der Waals surface area contributed by atoms with Gasteiger partial charge in [-0.25, -0.2) is 23.1 Å². The predicted octanol–water partition coefficient (Wildman–Crippen LogP) is 0.416. The third-order valence-corrected chi connectivity index (χ3v) is 6.02. The van der Waals surface area contributed by atoms with Crippen LogP contribution in [0.25, 0.3) is 5.65 Å². The lowest BCUT2D eigenvalue weighted by Crippen LogP contribution is -2.83. The minimum absolute atomic E-state index is 0.120. The molecule has 0 unspecified atom stereocenters. The summed E-state index contributed by atoms with van der Waals surface area (Å²) in [6.07, 6.45) is -2.05. The summed E-state index contributed by atoms with van der Waals surface area (Å²) in [5.41, 5.74) is 3.90. The second kappa shape index (κ2) is 9.45. The first-order valence-electron chi connectivity index (χ1n) is 10.7. The molecule has 1 aliphatic rings. The summed E-state index contributed by atoms with van der Waals surface area (Å²) >= 11 is 0. The Kier molecular flexibility index (Phi) is 7.47. The summed E-state index contributed by atoms with van der Waals surface area (Å²) in [6, 6.07) is -2.21. The third kappa shape index (κ3) is 5.07. The topological polar surface area (TPSA) is 107 Å². The Morgan fingerprint density at radius 3 is 2.38 bits per heavy atom. The van der Waals surface area contributed by atoms with Crippen molar-refractivity contribution < 1.29 is 36.2 Å². The van der Waals surface area contributed by atoms with Gasteiger partial charge in [-0.15, -0.1) is 0 Å². The van der Waals surface area contributed by atoms with Gasteiger partial charge in [0.1, 0.15) is 0 Å². The molecule has 192 valence electrons. The average Bonchev–Trinajstić information content (AvgIpc) is 3.18. The molecule has 18 heteroatoms. The van der Waals surface area contributed by atoms with Gasteiger partial charge in [-0.1, -0.05) is 0 Å². The molecule has 2 amide bonds. The molecule has 2 atom stereocenters. The molecule has 0 bridgehead atoms. The Morgan fingerprint density at radius 2 is 1.81 bits per heavy atom. The van der Waals surface area contributed by atoms with E-state index in [0.717, 1.165) is 13.8 Å². The van der Waals surface area contributed by atoms with Crippen LogP contribution in [0.5, 0.6) is 0 Å². The van der Waals surface area contributed by atoms with Crippen molar-refractivity contribution in [3.05, 3.63) is 29.7 Å². The maximum Gasteiger partial charge on any atom is 0.416 e. The van der Waals surface area contributed by atoms with Crippen molar-refractivity contribution in [1.29, 1.82) is 0 Å². The lowest BCUT2D eigenvalue weighted by molar-refractivity contribution is -0.264. The number of fused-ring (bicyclic) bond motifs is 1. The van der Waals surface area contributed by atoms with Gasteiger partial charge in [-0.05, 0) is 19.9 Å². The molecule has 37 heavy (non-hydrogen) atoms. The van der Waals surface area contributed by atoms with E-state index in [1.807, 2.05) is 0 Å². The zero-order valence-corrected chi connectivity index (χ0v) is 20.1. The molecule has 3 rings (SSSR count). The Hall–Kier alpha value is -2.32. The van der Waals surface area contributed by atoms with E-state index in [-0.39, 0.29) is 23.5 Å². The lowest BCUT2D eigenvalue weighted by Gasteiger charge is -2.58. The van der Waals surface area contributed by atoms with Gasteiger partial charge in [0, 0.05) is 23.3 Å². The van der Waals surface area contributed by atoms with E-state index >= 15 is 0 Å². The zero-order valence-electron chi connectivity index (χ0n) is 20.1. The summed E-state index contributed by atoms with van der Waals surface area (Å²) in [7, 11) is 23.4. The molecule has 2 aromatic heterocycles. The fourth-order valence-electron chi connectivity index (χ4n) is 3.58. The number of amides is 2. The molecular weight excluding hydrogens is 498 g/mol. The van der Waals surface area contributed by atoms with Crippen molar-refractivity contribution in [2.75, 3.05) is 20.3 Å². The first kappa shape index (κ1) is 29.2. The lowest BCUT2D eigenvalue weighted by atomic mass is 9.43. The van der Waals surface area contributed by atoms with Crippen LogP contribution in [-0.4, -0.2) is 106 Å². The Bertz CT molecular complexity index is 1160. The number of carbonyl (C=O) groups is 1. The summed E-state index contributed by atoms with van der Waals surface area (Å²) in [6.45, 7) is 0.859. The molecule has 1 fully saturated rings. The number of nitrogens with zero attached hydrogens (tertiary/aromatic N) is 4. The van der Waals surface area contributed by atoms with Crippen LogP contribution < -0.4 is 11.1 Å². The first-order chi connectivity index (χ1) is 16.8. The number of alkyl halides is 5. The number of halogens is 5. The number of hydrogen-bond donors (Lipinski definition) is 2. The van der Waals surface area contributed by atoms with Gasteiger partial charge in [0.05, 0.1) is 74.8 Å². The Balaban J connectivity index is 1.93. The van der Waals surface area contributed by atoms with Crippen molar-refractivity contribution in [2.24, 2.45) is 5.73 Å². The minimum Gasteiger partial charge on any atom is -0.382 e. The average molecular weight is 520 g/mol. The number of rotatable bonds is 8. The number of imidazole rings is 1. The highest BCUT2D eigenvalue weighted by Gasteiger charge is 2.64. The molecule has 3 heterocycles. The monoisotopic (exact) mass is 520 g/mol. The largest absolute Gasteiger partial charge is 0.416 e. The minimum atomic E-state index is -4.62. The second-order valence-corrected chi connectivity index (χ2v) is 9.22. The Labute approximate surface area is 214 Å². The van der Waals surface area contributed by atoms with Gasteiger partial charge >= 0.3 is 12.2 Å². The van der Waals surface area contributed by atoms with Gasteiger partial charge < -0.3 is 25.4 Å². The normalized spacial score (nSPS) is 21.0. The van der Waals surface area contributed by atoms with Crippen LogP contribution in [-0.2, 0) is 9.47 Å². The van der Waals surface area contributed by atoms with Crippen molar-refractivity contribution in [3.8, 4) is 0 Å². The van der Waals surface area contributed by atoms with Crippen LogP contribution in [0.2, 0.25) is 0 Å². The number of nitrogens with two attached hydrogens (primary N) is 1. The zero-order chi connectivity index (χ0) is 28.2. The van der Waals surface area contributed by atoms with Crippen LogP contribution >= 0.6 is 0 Å². The summed E-state index contributed by atoms with van der Waals surface area (Å²) in [5, 5.41) is -0.302. The van der Waals surface area contributed by atoms with Gasteiger partial charge in [-0.3, -0.25) is 0 Å². The fourth-order valence-corrected chi connectivity index (χ4v) is 3.58. The summed E-state index contributed by atoms with van der Waals surface area (Å²) < 4.78 is 80.3. The SMILES string of the molecule is [B]C1([B])NC(=O)N([C@H](COC)c2cnn3cc([C@@H](N)COC(C)(C)C(F)(F)F)nc3c2)C([B])([B])C1(F)F. The van der Waals surface area contributed by atoms with Crippen molar-refractivity contribution in [2.45, 2.75) is 54.3 Å². The molecule has 3 N–H and O–H groups in total. The van der Waals surface area contributed by atoms with Gasteiger partial charge in [0.25, 0.3) is 5.92 Å². The molecule has 2 aromatic rings. The standard InChI is InChI=1S/C19H21B4F5N6O3/c1-15(2,19(26,27)28)37-7-10(29)11-6-33-13(31-11)4-9(5-30-33)12(8-36-3)34-14(35)32-17(20,21)16(24,25)18(34,22)23/h4-6,10,12H,7-8,29H2,1-3H3,(H,32,35)/t10-,12+/m0/s1. The molecule has 0 spiro atoms. The van der Waals surface area contributed by atoms with Crippen molar-refractivity contribution >= 4 is 43.1 Å². The molecule has 0 aromatic carbocycles. The van der Waals surface area contributed by atoms with Crippen molar-refractivity contribution in [3.63, 3.8) is 0 Å². The molecule has 1 saturated heterocycles. The maximum absolute atomic E-state index is 14.9. The first-order valence-corrected chi connectivity index (χ1v) is 10.7.